The molecule has 0 bridgehead atoms. The Labute approximate surface area is 169 Å². The number of hydrogen-bond acceptors (Lipinski definition) is 8. The lowest BCUT2D eigenvalue weighted by molar-refractivity contribution is 0.0203. The molecule has 0 aliphatic carbocycles. The highest BCUT2D eigenvalue weighted by Gasteiger charge is 2.30. The van der Waals surface area contributed by atoms with Crippen molar-refractivity contribution >= 4 is 6.09 Å². The number of carbonyl (C=O) groups is 1. The highest BCUT2D eigenvalue weighted by Crippen LogP contribution is 2.29. The summed E-state index contributed by atoms with van der Waals surface area (Å²) < 4.78 is 16.4. The first-order chi connectivity index (χ1) is 13.9. The molecule has 2 saturated heterocycles. The molecule has 0 saturated carbocycles. The zero-order valence-electron chi connectivity index (χ0n) is 17.1. The number of likely N-dealkylation sites (tertiary alicyclic amines) is 1. The second kappa shape index (κ2) is 8.06. The van der Waals surface area contributed by atoms with Crippen LogP contribution in [0.1, 0.15) is 63.4 Å². The van der Waals surface area contributed by atoms with Gasteiger partial charge in [-0.1, -0.05) is 5.16 Å². The maximum absolute atomic E-state index is 12.2. The van der Waals surface area contributed by atoms with Gasteiger partial charge < -0.3 is 18.9 Å². The van der Waals surface area contributed by atoms with Crippen LogP contribution in [0.5, 0.6) is 0 Å². The number of carbonyl (C=O) groups excluding carboxylic acids is 1. The predicted molar refractivity (Wildman–Crippen MR) is 103 cm³/mol. The number of amides is 1. The third kappa shape index (κ3) is 4.72. The van der Waals surface area contributed by atoms with Crippen LogP contribution in [0, 0.1) is 0 Å². The molecule has 0 radical (unpaired) electrons. The van der Waals surface area contributed by atoms with Crippen LogP contribution in [0.2, 0.25) is 0 Å². The van der Waals surface area contributed by atoms with Crippen molar-refractivity contribution in [3.8, 4) is 11.6 Å². The van der Waals surface area contributed by atoms with Crippen molar-refractivity contribution in [2.75, 3.05) is 26.3 Å². The molecule has 29 heavy (non-hydrogen) atoms. The molecule has 2 fully saturated rings. The van der Waals surface area contributed by atoms with Crippen molar-refractivity contribution in [3.63, 3.8) is 0 Å². The first-order valence-corrected chi connectivity index (χ1v) is 10.1. The lowest BCUT2D eigenvalue weighted by Crippen LogP contribution is -2.41. The van der Waals surface area contributed by atoms with Gasteiger partial charge in [-0.05, 0) is 46.1 Å². The molecule has 2 aliphatic rings. The average molecular weight is 401 g/mol. The van der Waals surface area contributed by atoms with Crippen LogP contribution >= 0.6 is 0 Å². The molecule has 2 aliphatic heterocycles. The van der Waals surface area contributed by atoms with Gasteiger partial charge in [0.15, 0.2) is 5.82 Å². The minimum Gasteiger partial charge on any atom is -0.444 e. The van der Waals surface area contributed by atoms with Crippen molar-refractivity contribution in [1.82, 2.24) is 25.0 Å². The molecule has 2 aromatic rings. The van der Waals surface area contributed by atoms with Gasteiger partial charge in [0.25, 0.3) is 5.89 Å². The summed E-state index contributed by atoms with van der Waals surface area (Å²) in [7, 11) is 0. The number of aromatic nitrogens is 4. The van der Waals surface area contributed by atoms with Crippen molar-refractivity contribution in [1.29, 1.82) is 0 Å². The van der Waals surface area contributed by atoms with E-state index in [2.05, 4.69) is 20.1 Å². The van der Waals surface area contributed by atoms with E-state index in [-0.39, 0.29) is 17.9 Å². The van der Waals surface area contributed by atoms with Gasteiger partial charge in [0.1, 0.15) is 17.6 Å². The summed E-state index contributed by atoms with van der Waals surface area (Å²) >= 11 is 0. The van der Waals surface area contributed by atoms with Crippen molar-refractivity contribution < 1.29 is 18.8 Å². The Morgan fingerprint density at radius 3 is 2.66 bits per heavy atom. The molecule has 0 N–H and O–H groups in total. The molecule has 156 valence electrons. The largest absolute Gasteiger partial charge is 0.444 e. The van der Waals surface area contributed by atoms with Gasteiger partial charge in [-0.2, -0.15) is 4.98 Å². The third-order valence-corrected chi connectivity index (χ3v) is 5.21. The first kappa shape index (κ1) is 19.8. The Balaban J connectivity index is 1.39. The number of rotatable bonds is 3. The summed E-state index contributed by atoms with van der Waals surface area (Å²) in [5.41, 5.74) is 1.09. The Morgan fingerprint density at radius 1 is 1.17 bits per heavy atom. The minimum atomic E-state index is -0.489. The van der Waals surface area contributed by atoms with Crippen LogP contribution < -0.4 is 0 Å². The molecule has 1 amide bonds. The van der Waals surface area contributed by atoms with Gasteiger partial charge in [0, 0.05) is 31.5 Å². The SMILES string of the molecule is CC(C)(C)OC(=O)N1CCC(c2noc(-c3cc(C4CCOC4)ncn3)n2)CC1. The van der Waals surface area contributed by atoms with E-state index >= 15 is 0 Å². The summed E-state index contributed by atoms with van der Waals surface area (Å²) in [6.45, 7) is 8.29. The maximum Gasteiger partial charge on any atom is 0.410 e. The third-order valence-electron chi connectivity index (χ3n) is 5.21. The van der Waals surface area contributed by atoms with Crippen molar-refractivity contribution in [2.45, 2.75) is 57.5 Å². The van der Waals surface area contributed by atoms with Gasteiger partial charge in [-0.15, -0.1) is 0 Å². The standard InChI is InChI=1S/C20H27N5O4/c1-20(2,3)28-19(26)25-7-4-13(5-8-25)17-23-18(29-24-17)16-10-15(21-12-22-16)14-6-9-27-11-14/h10,12-14H,4-9,11H2,1-3H3. The lowest BCUT2D eigenvalue weighted by atomic mass is 9.96. The van der Waals surface area contributed by atoms with E-state index in [9.17, 15) is 4.79 Å². The van der Waals surface area contributed by atoms with E-state index in [0.29, 0.717) is 37.1 Å². The second-order valence-electron chi connectivity index (χ2n) is 8.59. The molecule has 0 spiro atoms. The zero-order valence-corrected chi connectivity index (χ0v) is 17.1. The fraction of sp³-hybridized carbons (Fsp3) is 0.650. The van der Waals surface area contributed by atoms with Crippen LogP contribution in [-0.2, 0) is 9.47 Å². The molecule has 0 aromatic carbocycles. The summed E-state index contributed by atoms with van der Waals surface area (Å²) in [5.74, 6) is 1.50. The lowest BCUT2D eigenvalue weighted by Gasteiger charge is -2.32. The molecular weight excluding hydrogens is 374 g/mol. The summed E-state index contributed by atoms with van der Waals surface area (Å²) in [5, 5.41) is 4.17. The van der Waals surface area contributed by atoms with Crippen LogP contribution in [0.15, 0.2) is 16.9 Å². The Hall–Kier alpha value is -2.55. The smallest absolute Gasteiger partial charge is 0.410 e. The van der Waals surface area contributed by atoms with Gasteiger partial charge >= 0.3 is 6.09 Å². The fourth-order valence-corrected chi connectivity index (χ4v) is 3.63. The van der Waals surface area contributed by atoms with Gasteiger partial charge in [-0.3, -0.25) is 0 Å². The van der Waals surface area contributed by atoms with E-state index in [1.54, 1.807) is 4.90 Å². The molecule has 4 rings (SSSR count). The van der Waals surface area contributed by atoms with Crippen LogP contribution in [0.4, 0.5) is 4.79 Å². The molecular formula is C20H27N5O4. The van der Waals surface area contributed by atoms with E-state index in [1.165, 1.54) is 6.33 Å². The number of ether oxygens (including phenoxy) is 2. The average Bonchev–Trinajstić information content (AvgIpc) is 3.39. The molecule has 9 nitrogen and oxygen atoms in total. The molecule has 9 heteroatoms. The van der Waals surface area contributed by atoms with Gasteiger partial charge in [-0.25, -0.2) is 14.8 Å². The number of nitrogens with zero attached hydrogens (tertiary/aromatic N) is 5. The van der Waals surface area contributed by atoms with E-state index in [1.807, 2.05) is 26.8 Å². The summed E-state index contributed by atoms with van der Waals surface area (Å²) in [6.07, 6.45) is 3.77. The van der Waals surface area contributed by atoms with E-state index in [4.69, 9.17) is 14.0 Å². The molecule has 1 unspecified atom stereocenters. The summed E-state index contributed by atoms with van der Waals surface area (Å²) in [4.78, 5) is 27.2. The zero-order chi connectivity index (χ0) is 20.4. The number of hydrogen-bond donors (Lipinski definition) is 0. The van der Waals surface area contributed by atoms with Crippen molar-refractivity contribution in [3.05, 3.63) is 23.9 Å². The normalized spacial score (nSPS) is 20.8. The van der Waals surface area contributed by atoms with Crippen LogP contribution in [0.25, 0.3) is 11.6 Å². The van der Waals surface area contributed by atoms with E-state index in [0.717, 1.165) is 31.6 Å². The second-order valence-corrected chi connectivity index (χ2v) is 8.59. The van der Waals surface area contributed by atoms with Gasteiger partial charge in [0.2, 0.25) is 0 Å². The van der Waals surface area contributed by atoms with Gasteiger partial charge in [0.05, 0.1) is 12.3 Å². The predicted octanol–water partition coefficient (Wildman–Crippen LogP) is 3.15. The van der Waals surface area contributed by atoms with Crippen LogP contribution in [-0.4, -0.2) is 63.0 Å². The highest BCUT2D eigenvalue weighted by atomic mass is 16.6. The monoisotopic (exact) mass is 401 g/mol. The quantitative estimate of drug-likeness (QED) is 0.773. The molecule has 2 aromatic heterocycles. The van der Waals surface area contributed by atoms with Crippen molar-refractivity contribution in [2.24, 2.45) is 0 Å². The first-order valence-electron chi connectivity index (χ1n) is 10.1. The van der Waals surface area contributed by atoms with Crippen LogP contribution in [0.3, 0.4) is 0 Å². The van der Waals surface area contributed by atoms with E-state index < -0.39 is 5.60 Å². The minimum absolute atomic E-state index is 0.149. The number of piperidine rings is 1. The summed E-state index contributed by atoms with van der Waals surface area (Å²) in [6, 6.07) is 1.90. The Morgan fingerprint density at radius 2 is 1.97 bits per heavy atom. The molecule has 4 heterocycles. The maximum atomic E-state index is 12.2. The fourth-order valence-electron chi connectivity index (χ4n) is 3.63. The topological polar surface area (TPSA) is 103 Å². The Kier molecular flexibility index (Phi) is 5.49. The highest BCUT2D eigenvalue weighted by molar-refractivity contribution is 5.68. The molecule has 1 atom stereocenters. The Bertz CT molecular complexity index is 849.